The largest absolute Gasteiger partial charge is 0.492 e. The number of halogens is 1. The number of nitrogens with zero attached hydrogens (tertiary/aromatic N) is 2. The van der Waals surface area contributed by atoms with Gasteiger partial charge in [-0.25, -0.2) is 0 Å². The minimum atomic E-state index is -0.0298. The smallest absolute Gasteiger partial charge is 0.144 e. The van der Waals surface area contributed by atoms with Gasteiger partial charge in [0.2, 0.25) is 0 Å². The molecule has 2 aromatic carbocycles. The fourth-order valence-electron chi connectivity index (χ4n) is 3.71. The molecule has 0 aliphatic carbocycles. The maximum atomic E-state index is 9.69. The van der Waals surface area contributed by atoms with Crippen LogP contribution in [0.1, 0.15) is 25.3 Å². The van der Waals surface area contributed by atoms with Gasteiger partial charge in [-0.15, -0.1) is 0 Å². The van der Waals surface area contributed by atoms with E-state index in [4.69, 9.17) is 31.5 Å². The highest BCUT2D eigenvalue weighted by molar-refractivity contribution is 6.32. The number of rotatable bonds is 9. The summed E-state index contributed by atoms with van der Waals surface area (Å²) in [5.41, 5.74) is 9.12. The summed E-state index contributed by atoms with van der Waals surface area (Å²) < 4.78 is 17.2. The van der Waals surface area contributed by atoms with Crippen molar-refractivity contribution in [3.8, 4) is 17.6 Å². The number of nitriles is 1. The SMILES string of the molecule is CC=CC=CCCOc1ccc(Nc2c(C#N)cnc3cc(OC4CCOC4)c(N)cc23)cc1Cl. The monoisotopic (exact) mass is 490 g/mol. The molecule has 0 bridgehead atoms. The van der Waals surface area contributed by atoms with E-state index in [2.05, 4.69) is 16.4 Å². The van der Waals surface area contributed by atoms with Crippen molar-refractivity contribution in [3.05, 3.63) is 71.4 Å². The lowest BCUT2D eigenvalue weighted by Crippen LogP contribution is -2.16. The molecule has 1 aliphatic rings. The van der Waals surface area contributed by atoms with Gasteiger partial charge in [-0.2, -0.15) is 5.26 Å². The van der Waals surface area contributed by atoms with Crippen molar-refractivity contribution >= 4 is 39.6 Å². The van der Waals surface area contributed by atoms with Crippen molar-refractivity contribution < 1.29 is 14.2 Å². The Balaban J connectivity index is 1.55. The molecule has 180 valence electrons. The van der Waals surface area contributed by atoms with Crippen LogP contribution in [0.4, 0.5) is 17.1 Å². The summed E-state index contributed by atoms with van der Waals surface area (Å²) in [6.45, 7) is 3.71. The third-order valence-corrected chi connectivity index (χ3v) is 5.78. The zero-order valence-corrected chi connectivity index (χ0v) is 20.2. The Bertz CT molecular complexity index is 1290. The number of hydrogen-bond acceptors (Lipinski definition) is 7. The van der Waals surface area contributed by atoms with Gasteiger partial charge in [0.1, 0.15) is 23.7 Å². The van der Waals surface area contributed by atoms with Gasteiger partial charge in [-0.3, -0.25) is 4.98 Å². The Morgan fingerprint density at radius 3 is 2.91 bits per heavy atom. The molecule has 1 aliphatic heterocycles. The van der Waals surface area contributed by atoms with Crippen LogP contribution in [0.15, 0.2) is 60.8 Å². The number of nitrogen functional groups attached to an aromatic ring is 1. The number of ether oxygens (including phenoxy) is 3. The fourth-order valence-corrected chi connectivity index (χ4v) is 3.94. The lowest BCUT2D eigenvalue weighted by atomic mass is 10.1. The molecule has 3 aromatic rings. The highest BCUT2D eigenvalue weighted by atomic mass is 35.5. The second kappa shape index (κ2) is 11.6. The Labute approximate surface area is 209 Å². The van der Waals surface area contributed by atoms with E-state index in [1.165, 1.54) is 6.20 Å². The van der Waals surface area contributed by atoms with Gasteiger partial charge in [-0.1, -0.05) is 35.9 Å². The van der Waals surface area contributed by atoms with Crippen LogP contribution in [0.25, 0.3) is 10.9 Å². The molecular formula is C27H27ClN4O3. The van der Waals surface area contributed by atoms with E-state index in [0.717, 1.165) is 12.8 Å². The molecule has 0 amide bonds. The number of anilines is 3. The first-order chi connectivity index (χ1) is 17.1. The minimum absolute atomic E-state index is 0.0298. The van der Waals surface area contributed by atoms with Crippen molar-refractivity contribution in [3.63, 3.8) is 0 Å². The number of pyridine rings is 1. The average Bonchev–Trinajstić information content (AvgIpc) is 3.36. The molecule has 4 rings (SSSR count). The summed E-state index contributed by atoms with van der Waals surface area (Å²) in [5.74, 6) is 1.15. The van der Waals surface area contributed by atoms with E-state index in [1.807, 2.05) is 37.3 Å². The number of allylic oxidation sites excluding steroid dienone is 3. The van der Waals surface area contributed by atoms with E-state index in [0.29, 0.717) is 69.9 Å². The summed E-state index contributed by atoms with van der Waals surface area (Å²) in [7, 11) is 0. The molecule has 7 nitrogen and oxygen atoms in total. The van der Waals surface area contributed by atoms with Gasteiger partial charge in [0.15, 0.2) is 0 Å². The van der Waals surface area contributed by atoms with Crippen LogP contribution in [-0.4, -0.2) is 30.9 Å². The van der Waals surface area contributed by atoms with Crippen LogP contribution in [0, 0.1) is 11.3 Å². The third kappa shape index (κ3) is 6.04. The van der Waals surface area contributed by atoms with Gasteiger partial charge in [0.25, 0.3) is 0 Å². The zero-order valence-electron chi connectivity index (χ0n) is 19.5. The van der Waals surface area contributed by atoms with E-state index < -0.39 is 0 Å². The van der Waals surface area contributed by atoms with Crippen LogP contribution in [0.5, 0.6) is 11.5 Å². The summed E-state index contributed by atoms with van der Waals surface area (Å²) in [4.78, 5) is 4.44. The first kappa shape index (κ1) is 24.4. The van der Waals surface area contributed by atoms with Crippen LogP contribution in [0.3, 0.4) is 0 Å². The summed E-state index contributed by atoms with van der Waals surface area (Å²) >= 11 is 6.46. The summed E-state index contributed by atoms with van der Waals surface area (Å²) in [5, 5.41) is 14.2. The molecule has 1 unspecified atom stereocenters. The number of benzene rings is 2. The Morgan fingerprint density at radius 2 is 2.17 bits per heavy atom. The number of nitrogens with one attached hydrogen (secondary N) is 1. The van der Waals surface area contributed by atoms with E-state index in [-0.39, 0.29) is 6.10 Å². The lowest BCUT2D eigenvalue weighted by molar-refractivity contribution is 0.142. The highest BCUT2D eigenvalue weighted by Gasteiger charge is 2.20. The molecule has 1 fully saturated rings. The second-order valence-corrected chi connectivity index (χ2v) is 8.44. The zero-order chi connectivity index (χ0) is 24.6. The maximum absolute atomic E-state index is 9.69. The van der Waals surface area contributed by atoms with E-state index >= 15 is 0 Å². The predicted octanol–water partition coefficient (Wildman–Crippen LogP) is 6.15. The number of aromatic nitrogens is 1. The van der Waals surface area contributed by atoms with Gasteiger partial charge >= 0.3 is 0 Å². The minimum Gasteiger partial charge on any atom is -0.492 e. The molecule has 1 aromatic heterocycles. The summed E-state index contributed by atoms with van der Waals surface area (Å²) in [6.07, 6.45) is 11.0. The van der Waals surface area contributed by atoms with Crippen LogP contribution in [0.2, 0.25) is 5.02 Å². The van der Waals surface area contributed by atoms with Gasteiger partial charge < -0.3 is 25.3 Å². The average molecular weight is 491 g/mol. The Kier molecular flexibility index (Phi) is 8.09. The lowest BCUT2D eigenvalue weighted by Gasteiger charge is -2.17. The molecule has 35 heavy (non-hydrogen) atoms. The first-order valence-corrected chi connectivity index (χ1v) is 11.8. The highest BCUT2D eigenvalue weighted by Crippen LogP contribution is 2.36. The second-order valence-electron chi connectivity index (χ2n) is 8.03. The van der Waals surface area contributed by atoms with Crippen molar-refractivity contribution in [2.24, 2.45) is 0 Å². The fraction of sp³-hybridized carbons (Fsp3) is 0.259. The first-order valence-electron chi connectivity index (χ1n) is 11.4. The molecule has 3 N–H and O–H groups in total. The third-order valence-electron chi connectivity index (χ3n) is 5.48. The van der Waals surface area contributed by atoms with Crippen LogP contribution < -0.4 is 20.5 Å². The number of hydrogen-bond donors (Lipinski definition) is 2. The van der Waals surface area contributed by atoms with E-state index in [9.17, 15) is 5.26 Å². The van der Waals surface area contributed by atoms with Crippen molar-refractivity contribution in [1.29, 1.82) is 5.26 Å². The molecule has 1 atom stereocenters. The molecular weight excluding hydrogens is 464 g/mol. The summed E-state index contributed by atoms with van der Waals surface area (Å²) in [6, 6.07) is 11.2. The molecule has 0 spiro atoms. The normalized spacial score (nSPS) is 15.6. The van der Waals surface area contributed by atoms with Gasteiger partial charge in [-0.05, 0) is 37.6 Å². The number of fused-ring (bicyclic) bond motifs is 1. The standard InChI is InChI=1S/C27H27ClN4O3/c1-2-3-4-5-6-10-34-25-8-7-19(12-22(25)28)32-27-18(15-29)16-31-24-14-26(23(30)13-21(24)27)35-20-9-11-33-17-20/h2-5,7-8,12-14,16,20H,6,9-11,17,30H2,1H3,(H,31,32). The van der Waals surface area contributed by atoms with Crippen molar-refractivity contribution in [2.45, 2.75) is 25.9 Å². The molecule has 1 saturated heterocycles. The van der Waals surface area contributed by atoms with Crippen LogP contribution in [-0.2, 0) is 4.74 Å². The quantitative estimate of drug-likeness (QED) is 0.210. The van der Waals surface area contributed by atoms with E-state index in [1.54, 1.807) is 24.3 Å². The van der Waals surface area contributed by atoms with Crippen molar-refractivity contribution in [1.82, 2.24) is 4.98 Å². The number of nitrogens with two attached hydrogens (primary N) is 1. The van der Waals surface area contributed by atoms with Gasteiger partial charge in [0.05, 0.1) is 47.3 Å². The topological polar surface area (TPSA) is 102 Å². The molecule has 2 heterocycles. The Hall–Kier alpha value is -3.73. The Morgan fingerprint density at radius 1 is 1.29 bits per heavy atom. The van der Waals surface area contributed by atoms with Crippen LogP contribution >= 0.6 is 11.6 Å². The van der Waals surface area contributed by atoms with Crippen molar-refractivity contribution in [2.75, 3.05) is 30.9 Å². The molecule has 0 radical (unpaired) electrons. The predicted molar refractivity (Wildman–Crippen MR) is 140 cm³/mol. The molecule has 0 saturated carbocycles. The molecule has 8 heteroatoms. The van der Waals surface area contributed by atoms with Gasteiger partial charge in [0, 0.05) is 29.8 Å². The maximum Gasteiger partial charge on any atom is 0.144 e.